The number of hydrogen-bond acceptors (Lipinski definition) is 3. The topological polar surface area (TPSA) is 6.48 Å². The van der Waals surface area contributed by atoms with Crippen molar-refractivity contribution < 1.29 is 0 Å². The van der Waals surface area contributed by atoms with Gasteiger partial charge in [0.2, 0.25) is 0 Å². The summed E-state index contributed by atoms with van der Waals surface area (Å²) in [6.07, 6.45) is 0. The summed E-state index contributed by atoms with van der Waals surface area (Å²) in [4.78, 5) is 7.41. The van der Waals surface area contributed by atoms with Crippen molar-refractivity contribution in [3.8, 4) is 0 Å². The van der Waals surface area contributed by atoms with Crippen LogP contribution in [0.1, 0.15) is 6.92 Å². The summed E-state index contributed by atoms with van der Waals surface area (Å²) in [7, 11) is 2.14. The number of likely N-dealkylation sites (N-methyl/N-ethyl adjacent to an activating group) is 1. The predicted molar refractivity (Wildman–Crippen MR) is 104 cm³/mol. The number of hydrogen-bond donors (Lipinski definition) is 0. The fourth-order valence-corrected chi connectivity index (χ4v) is 4.10. The van der Waals surface area contributed by atoms with Crippen LogP contribution < -0.4 is 4.90 Å². The highest BCUT2D eigenvalue weighted by molar-refractivity contribution is 7.99. The van der Waals surface area contributed by atoms with Crippen LogP contribution in [0.25, 0.3) is 0 Å². The Morgan fingerprint density at radius 2 is 1.57 bits per heavy atom. The fourth-order valence-electron chi connectivity index (χ4n) is 2.74. The highest BCUT2D eigenvalue weighted by Gasteiger charge is 2.24. The lowest BCUT2D eigenvalue weighted by Crippen LogP contribution is -2.40. The van der Waals surface area contributed by atoms with Crippen LogP contribution in [-0.2, 0) is 0 Å². The molecule has 0 amide bonds. The summed E-state index contributed by atoms with van der Waals surface area (Å²) in [6.45, 7) is 4.14. The van der Waals surface area contributed by atoms with Gasteiger partial charge >= 0.3 is 0 Å². The van der Waals surface area contributed by atoms with Gasteiger partial charge in [-0.2, -0.15) is 0 Å². The van der Waals surface area contributed by atoms with Gasteiger partial charge in [0.15, 0.2) is 0 Å². The summed E-state index contributed by atoms with van der Waals surface area (Å²) in [5, 5.41) is 0. The molecule has 0 saturated heterocycles. The van der Waals surface area contributed by atoms with Gasteiger partial charge in [0, 0.05) is 34.8 Å². The maximum Gasteiger partial charge on any atom is 0.0553 e. The van der Waals surface area contributed by atoms with Gasteiger partial charge in [-0.15, -0.1) is 24.0 Å². The number of halogens is 2. The van der Waals surface area contributed by atoms with E-state index in [0.717, 1.165) is 13.1 Å². The Labute approximate surface area is 154 Å². The van der Waals surface area contributed by atoms with Crippen LogP contribution in [0.3, 0.4) is 0 Å². The van der Waals surface area contributed by atoms with Crippen molar-refractivity contribution >= 4 is 47.1 Å². The van der Waals surface area contributed by atoms with Crippen molar-refractivity contribution in [3.05, 3.63) is 48.5 Å². The molecule has 2 aromatic carbocycles. The monoisotopic (exact) mass is 368 g/mol. The predicted octanol–water partition coefficient (Wildman–Crippen LogP) is 5.27. The standard InChI is InChI=1S/C18H21ClN2S.ClH/c1-14(20(2)12-11-19)13-21-15-7-3-5-9-17(15)22-18-10-6-4-8-16(18)21;/h3-10,14H,11-13H2,1-2H3;1H. The van der Waals surface area contributed by atoms with Crippen LogP contribution in [-0.4, -0.2) is 37.0 Å². The first-order valence-corrected chi connectivity index (χ1v) is 8.95. The van der Waals surface area contributed by atoms with E-state index in [1.807, 2.05) is 11.8 Å². The summed E-state index contributed by atoms with van der Waals surface area (Å²) in [5.74, 6) is 0.671. The molecule has 0 spiro atoms. The molecule has 1 aliphatic rings. The van der Waals surface area contributed by atoms with Gasteiger partial charge in [0.25, 0.3) is 0 Å². The van der Waals surface area contributed by atoms with Crippen LogP contribution in [0.4, 0.5) is 11.4 Å². The molecule has 3 rings (SSSR count). The van der Waals surface area contributed by atoms with Gasteiger partial charge in [0.05, 0.1) is 11.4 Å². The number of fused-ring (bicyclic) bond motifs is 2. The minimum atomic E-state index is 0. The maximum absolute atomic E-state index is 5.89. The average molecular weight is 369 g/mol. The third-order valence-corrected chi connectivity index (χ3v) is 5.47. The van der Waals surface area contributed by atoms with Crippen molar-refractivity contribution in [2.45, 2.75) is 22.8 Å². The number of benzene rings is 2. The Morgan fingerprint density at radius 1 is 1.04 bits per heavy atom. The van der Waals surface area contributed by atoms with Crippen molar-refractivity contribution in [1.82, 2.24) is 4.90 Å². The Balaban J connectivity index is 0.00000192. The molecule has 5 heteroatoms. The quantitative estimate of drug-likeness (QED) is 0.663. The second-order valence-electron chi connectivity index (χ2n) is 5.67. The number of nitrogens with zero attached hydrogens (tertiary/aromatic N) is 2. The zero-order valence-electron chi connectivity index (χ0n) is 13.4. The van der Waals surface area contributed by atoms with E-state index in [4.69, 9.17) is 11.6 Å². The molecule has 0 aliphatic carbocycles. The summed E-state index contributed by atoms with van der Waals surface area (Å²) in [6, 6.07) is 17.7. The molecule has 1 heterocycles. The van der Waals surface area contributed by atoms with E-state index >= 15 is 0 Å². The molecule has 2 nitrogen and oxygen atoms in total. The molecule has 0 aromatic heterocycles. The van der Waals surface area contributed by atoms with E-state index in [-0.39, 0.29) is 12.4 Å². The van der Waals surface area contributed by atoms with E-state index in [1.54, 1.807) is 0 Å². The lowest BCUT2D eigenvalue weighted by molar-refractivity contribution is 0.277. The van der Waals surface area contributed by atoms with Crippen LogP contribution in [0.2, 0.25) is 0 Å². The molecule has 23 heavy (non-hydrogen) atoms. The third kappa shape index (κ3) is 3.97. The Kier molecular flexibility index (Phi) is 6.66. The highest BCUT2D eigenvalue weighted by Crippen LogP contribution is 2.47. The van der Waals surface area contributed by atoms with Crippen molar-refractivity contribution in [1.29, 1.82) is 0 Å². The van der Waals surface area contributed by atoms with Gasteiger partial charge in [-0.1, -0.05) is 36.0 Å². The van der Waals surface area contributed by atoms with Crippen molar-refractivity contribution in [2.24, 2.45) is 0 Å². The van der Waals surface area contributed by atoms with E-state index < -0.39 is 0 Å². The molecule has 124 valence electrons. The zero-order valence-corrected chi connectivity index (χ0v) is 15.8. The summed E-state index contributed by atoms with van der Waals surface area (Å²) < 4.78 is 0. The van der Waals surface area contributed by atoms with Crippen molar-refractivity contribution in [3.63, 3.8) is 0 Å². The second kappa shape index (κ2) is 8.29. The largest absolute Gasteiger partial charge is 0.338 e. The van der Waals surface area contributed by atoms with Crippen LogP contribution >= 0.6 is 35.8 Å². The van der Waals surface area contributed by atoms with E-state index in [2.05, 4.69) is 72.3 Å². The van der Waals surface area contributed by atoms with Gasteiger partial charge in [-0.05, 0) is 38.2 Å². The molecule has 1 aliphatic heterocycles. The number of para-hydroxylation sites is 2. The highest BCUT2D eigenvalue weighted by atomic mass is 35.5. The first-order valence-electron chi connectivity index (χ1n) is 7.60. The molecule has 0 bridgehead atoms. The Hall–Kier alpha value is -0.870. The molecule has 2 aromatic rings. The summed E-state index contributed by atoms with van der Waals surface area (Å²) >= 11 is 7.74. The van der Waals surface area contributed by atoms with Gasteiger partial charge in [-0.25, -0.2) is 0 Å². The molecule has 1 atom stereocenters. The minimum absolute atomic E-state index is 0. The first-order chi connectivity index (χ1) is 10.7. The summed E-state index contributed by atoms with van der Waals surface area (Å²) in [5.41, 5.74) is 2.61. The zero-order chi connectivity index (χ0) is 15.5. The Bertz CT molecular complexity index is 605. The molecule has 0 radical (unpaired) electrons. The van der Waals surface area contributed by atoms with Crippen LogP contribution in [0.15, 0.2) is 58.3 Å². The van der Waals surface area contributed by atoms with Crippen LogP contribution in [0, 0.1) is 0 Å². The van der Waals surface area contributed by atoms with Gasteiger partial charge < -0.3 is 9.80 Å². The van der Waals surface area contributed by atoms with E-state index in [9.17, 15) is 0 Å². The molecular weight excluding hydrogens is 347 g/mol. The fraction of sp³-hybridized carbons (Fsp3) is 0.333. The van der Waals surface area contributed by atoms with Crippen LogP contribution in [0.5, 0.6) is 0 Å². The minimum Gasteiger partial charge on any atom is -0.338 e. The number of rotatable bonds is 5. The van der Waals surface area contributed by atoms with Crippen molar-refractivity contribution in [2.75, 3.05) is 30.9 Å². The smallest absolute Gasteiger partial charge is 0.0553 e. The molecule has 0 saturated carbocycles. The first kappa shape index (κ1) is 18.5. The lowest BCUT2D eigenvalue weighted by atomic mass is 10.2. The number of alkyl halides is 1. The average Bonchev–Trinajstić information content (AvgIpc) is 2.54. The van der Waals surface area contributed by atoms with Gasteiger partial charge in [-0.3, -0.25) is 0 Å². The SMILES string of the molecule is CC(CN1c2ccccc2Sc2ccccc21)N(C)CCCl.Cl. The molecular formula is C18H22Cl2N2S. The molecule has 0 fully saturated rings. The van der Waals surface area contributed by atoms with Gasteiger partial charge in [0.1, 0.15) is 0 Å². The van der Waals surface area contributed by atoms with E-state index in [1.165, 1.54) is 21.2 Å². The normalized spacial score (nSPS) is 14.0. The second-order valence-corrected chi connectivity index (χ2v) is 7.13. The lowest BCUT2D eigenvalue weighted by Gasteiger charge is -2.36. The maximum atomic E-state index is 5.89. The molecule has 1 unspecified atom stereocenters. The Morgan fingerprint density at radius 3 is 2.09 bits per heavy atom. The number of anilines is 2. The van der Waals surface area contributed by atoms with E-state index in [0.29, 0.717) is 11.9 Å². The molecule has 0 N–H and O–H groups in total. The third-order valence-electron chi connectivity index (χ3n) is 4.17.